The molecule has 0 aliphatic carbocycles. The molecule has 0 unspecified atom stereocenters. The normalized spacial score (nSPS) is 22.9. The maximum absolute atomic E-state index is 4.11. The number of thioether (sulfide) groups is 1. The zero-order valence-electron chi connectivity index (χ0n) is 7.16. The smallest absolute Gasteiger partial charge is 0.0728 e. The van der Waals surface area contributed by atoms with Gasteiger partial charge in [0.2, 0.25) is 0 Å². The summed E-state index contributed by atoms with van der Waals surface area (Å²) < 4.78 is 1.82. The van der Waals surface area contributed by atoms with Crippen LogP contribution in [0, 0.1) is 0 Å². The van der Waals surface area contributed by atoms with Gasteiger partial charge in [-0.2, -0.15) is 16.9 Å². The van der Waals surface area contributed by atoms with E-state index in [0.717, 1.165) is 5.69 Å². The van der Waals surface area contributed by atoms with Gasteiger partial charge in [-0.1, -0.05) is 0 Å². The van der Waals surface area contributed by atoms with Gasteiger partial charge in [-0.05, 0) is 12.2 Å². The summed E-state index contributed by atoms with van der Waals surface area (Å²) in [6.45, 7) is 0. The molecule has 0 spiro atoms. The largest absolute Gasteiger partial charge is 0.379 e. The van der Waals surface area contributed by atoms with E-state index in [1.165, 1.54) is 17.9 Å². The molecule has 1 atom stereocenters. The number of nitrogens with one attached hydrogen (secondary N) is 1. The van der Waals surface area contributed by atoms with E-state index >= 15 is 0 Å². The quantitative estimate of drug-likeness (QED) is 0.750. The van der Waals surface area contributed by atoms with Crippen LogP contribution in [-0.4, -0.2) is 27.3 Å². The second-order valence-electron chi connectivity index (χ2n) is 3.11. The van der Waals surface area contributed by atoms with E-state index in [1.54, 1.807) is 0 Å². The lowest BCUT2D eigenvalue weighted by atomic mass is 10.2. The molecule has 2 heterocycles. The van der Waals surface area contributed by atoms with Crippen LogP contribution < -0.4 is 5.32 Å². The van der Waals surface area contributed by atoms with Crippen LogP contribution in [0.25, 0.3) is 0 Å². The number of rotatable bonds is 2. The Balaban J connectivity index is 1.94. The van der Waals surface area contributed by atoms with Crippen molar-refractivity contribution >= 4 is 17.4 Å². The summed E-state index contributed by atoms with van der Waals surface area (Å²) in [4.78, 5) is 0. The lowest BCUT2D eigenvalue weighted by molar-refractivity contribution is 0.767. The fraction of sp³-hybridized carbons (Fsp3) is 0.625. The molecule has 0 bridgehead atoms. The van der Waals surface area contributed by atoms with Crippen LogP contribution in [0.15, 0.2) is 12.4 Å². The van der Waals surface area contributed by atoms with Gasteiger partial charge in [0, 0.05) is 25.0 Å². The summed E-state index contributed by atoms with van der Waals surface area (Å²) >= 11 is 2.02. The lowest BCUT2D eigenvalue weighted by Gasteiger charge is -2.09. The third kappa shape index (κ3) is 1.75. The molecule has 1 N–H and O–H groups in total. The van der Waals surface area contributed by atoms with Crippen molar-refractivity contribution < 1.29 is 0 Å². The summed E-state index contributed by atoms with van der Waals surface area (Å²) in [5, 5.41) is 7.56. The molecule has 1 aliphatic heterocycles. The summed E-state index contributed by atoms with van der Waals surface area (Å²) in [6, 6.07) is 0.652. The highest BCUT2D eigenvalue weighted by atomic mass is 32.2. The molecular weight excluding hydrogens is 170 g/mol. The average Bonchev–Trinajstić information content (AvgIpc) is 2.63. The standard InChI is InChI=1S/C8H13N3S/c1-11-5-8(4-9-11)10-7-2-3-12-6-7/h4-5,7,10H,2-3,6H2,1H3/t7-/m0/s1. The molecule has 0 radical (unpaired) electrons. The molecule has 1 aromatic rings. The van der Waals surface area contributed by atoms with E-state index in [1.807, 2.05) is 35.9 Å². The molecule has 12 heavy (non-hydrogen) atoms. The fourth-order valence-electron chi connectivity index (χ4n) is 1.38. The van der Waals surface area contributed by atoms with Crippen molar-refractivity contribution in [2.24, 2.45) is 7.05 Å². The van der Waals surface area contributed by atoms with E-state index < -0.39 is 0 Å². The zero-order chi connectivity index (χ0) is 8.39. The number of hydrogen-bond donors (Lipinski definition) is 1. The van der Waals surface area contributed by atoms with Gasteiger partial charge in [0.1, 0.15) is 0 Å². The van der Waals surface area contributed by atoms with Gasteiger partial charge < -0.3 is 5.32 Å². The summed E-state index contributed by atoms with van der Waals surface area (Å²) in [6.07, 6.45) is 5.17. The van der Waals surface area contributed by atoms with Crippen LogP contribution in [0.5, 0.6) is 0 Å². The molecule has 0 amide bonds. The molecule has 66 valence electrons. The SMILES string of the molecule is Cn1cc(N[C@H]2CCSC2)cn1. The highest BCUT2D eigenvalue weighted by Gasteiger charge is 2.14. The number of aryl methyl sites for hydroxylation is 1. The van der Waals surface area contributed by atoms with Gasteiger partial charge in [-0.15, -0.1) is 0 Å². The lowest BCUT2D eigenvalue weighted by Crippen LogP contribution is -2.17. The fourth-order valence-corrected chi connectivity index (χ4v) is 2.53. The number of aromatic nitrogens is 2. The van der Waals surface area contributed by atoms with Crippen molar-refractivity contribution in [3.8, 4) is 0 Å². The Labute approximate surface area is 76.5 Å². The van der Waals surface area contributed by atoms with E-state index in [4.69, 9.17) is 0 Å². The number of hydrogen-bond acceptors (Lipinski definition) is 3. The Hall–Kier alpha value is -0.640. The second kappa shape index (κ2) is 3.39. The predicted molar refractivity (Wildman–Crippen MR) is 52.6 cm³/mol. The number of anilines is 1. The Kier molecular flexibility index (Phi) is 2.26. The first-order valence-corrected chi connectivity index (χ1v) is 5.33. The van der Waals surface area contributed by atoms with Crippen molar-refractivity contribution in [2.45, 2.75) is 12.5 Å². The first-order chi connectivity index (χ1) is 5.84. The maximum Gasteiger partial charge on any atom is 0.0728 e. The Bertz CT molecular complexity index is 253. The van der Waals surface area contributed by atoms with Crippen LogP contribution in [-0.2, 0) is 7.05 Å². The van der Waals surface area contributed by atoms with Crippen LogP contribution in [0.1, 0.15) is 6.42 Å². The van der Waals surface area contributed by atoms with Crippen molar-refractivity contribution in [3.05, 3.63) is 12.4 Å². The van der Waals surface area contributed by atoms with Crippen LogP contribution in [0.2, 0.25) is 0 Å². The van der Waals surface area contributed by atoms with E-state index in [0.29, 0.717) is 6.04 Å². The predicted octanol–water partition coefficient (Wildman–Crippen LogP) is 1.34. The second-order valence-corrected chi connectivity index (χ2v) is 4.26. The Morgan fingerprint density at radius 1 is 1.75 bits per heavy atom. The van der Waals surface area contributed by atoms with Gasteiger partial charge in [-0.25, -0.2) is 0 Å². The first-order valence-electron chi connectivity index (χ1n) is 4.17. The zero-order valence-corrected chi connectivity index (χ0v) is 7.97. The molecule has 1 aliphatic rings. The summed E-state index contributed by atoms with van der Waals surface area (Å²) in [5.41, 5.74) is 1.14. The van der Waals surface area contributed by atoms with Crippen molar-refractivity contribution in [3.63, 3.8) is 0 Å². The number of nitrogens with zero attached hydrogens (tertiary/aromatic N) is 2. The van der Waals surface area contributed by atoms with Crippen molar-refractivity contribution in [1.29, 1.82) is 0 Å². The Morgan fingerprint density at radius 3 is 3.25 bits per heavy atom. The molecular formula is C8H13N3S. The maximum atomic E-state index is 4.11. The minimum Gasteiger partial charge on any atom is -0.379 e. The minimum absolute atomic E-state index is 0.652. The summed E-state index contributed by atoms with van der Waals surface area (Å²) in [5.74, 6) is 2.52. The van der Waals surface area contributed by atoms with Gasteiger partial charge in [0.25, 0.3) is 0 Å². The minimum atomic E-state index is 0.652. The third-order valence-corrected chi connectivity index (χ3v) is 3.17. The highest BCUT2D eigenvalue weighted by molar-refractivity contribution is 7.99. The van der Waals surface area contributed by atoms with E-state index in [2.05, 4.69) is 10.4 Å². The monoisotopic (exact) mass is 183 g/mol. The van der Waals surface area contributed by atoms with Crippen LogP contribution in [0.3, 0.4) is 0 Å². The first kappa shape index (κ1) is 7.98. The molecule has 0 saturated carbocycles. The van der Waals surface area contributed by atoms with Crippen molar-refractivity contribution in [1.82, 2.24) is 9.78 Å². The molecule has 1 aromatic heterocycles. The Morgan fingerprint density at radius 2 is 2.67 bits per heavy atom. The molecule has 1 fully saturated rings. The van der Waals surface area contributed by atoms with E-state index in [-0.39, 0.29) is 0 Å². The van der Waals surface area contributed by atoms with Gasteiger partial charge in [-0.3, -0.25) is 4.68 Å². The topological polar surface area (TPSA) is 29.9 Å². The molecule has 3 nitrogen and oxygen atoms in total. The van der Waals surface area contributed by atoms with Crippen LogP contribution >= 0.6 is 11.8 Å². The van der Waals surface area contributed by atoms with Gasteiger partial charge in [0.05, 0.1) is 11.9 Å². The van der Waals surface area contributed by atoms with Gasteiger partial charge >= 0.3 is 0 Å². The molecule has 4 heteroatoms. The van der Waals surface area contributed by atoms with E-state index in [9.17, 15) is 0 Å². The molecule has 1 saturated heterocycles. The van der Waals surface area contributed by atoms with Crippen molar-refractivity contribution in [2.75, 3.05) is 16.8 Å². The summed E-state index contributed by atoms with van der Waals surface area (Å²) in [7, 11) is 1.94. The third-order valence-electron chi connectivity index (χ3n) is 2.01. The van der Waals surface area contributed by atoms with Crippen LogP contribution in [0.4, 0.5) is 5.69 Å². The highest BCUT2D eigenvalue weighted by Crippen LogP contribution is 2.20. The molecule has 0 aromatic carbocycles. The molecule has 2 rings (SSSR count). The average molecular weight is 183 g/mol. The van der Waals surface area contributed by atoms with Gasteiger partial charge in [0.15, 0.2) is 0 Å².